The van der Waals surface area contributed by atoms with Crippen LogP contribution in [0, 0.1) is 0 Å². The monoisotopic (exact) mass is 337 g/mol. The van der Waals surface area contributed by atoms with Gasteiger partial charge in [-0.2, -0.15) is 8.42 Å². The average molecular weight is 337 g/mol. The van der Waals surface area contributed by atoms with E-state index in [9.17, 15) is 18.6 Å². The third kappa shape index (κ3) is 6.06. The van der Waals surface area contributed by atoms with E-state index >= 15 is 0 Å². The summed E-state index contributed by atoms with van der Waals surface area (Å²) in [6.45, 7) is 0.417. The molecule has 0 saturated carbocycles. The second-order valence-electron chi connectivity index (χ2n) is 4.08. The van der Waals surface area contributed by atoms with Gasteiger partial charge in [-0.3, -0.25) is 9.55 Å². The van der Waals surface area contributed by atoms with Gasteiger partial charge in [-0.15, -0.1) is 0 Å². The Morgan fingerprint density at radius 3 is 2.38 bits per heavy atom. The molecule has 1 rings (SSSR count). The Morgan fingerprint density at radius 2 is 2.00 bits per heavy atom. The Morgan fingerprint density at radius 1 is 1.43 bits per heavy atom. The Balaban J connectivity index is 0.00000400. The molecule has 0 amide bonds. The molecule has 118 valence electrons. The van der Waals surface area contributed by atoms with Crippen molar-refractivity contribution in [1.82, 2.24) is 0 Å². The van der Waals surface area contributed by atoms with E-state index in [4.69, 9.17) is 19.1 Å². The first-order valence-electron chi connectivity index (χ1n) is 5.54. The minimum Gasteiger partial charge on any atom is -0.862 e. The molecule has 1 aliphatic rings. The number of ether oxygens (including phenoxy) is 2. The van der Waals surface area contributed by atoms with Gasteiger partial charge in [0.15, 0.2) is 6.29 Å². The molecule has 1 saturated heterocycles. The standard InChI is InChI=1S/C9H17NO9S.Na/c1-4(12)10-6-8(17-2)7(19-20(14,15)16)5(3-11)18-9(6)13;/h5-9,11,13H,3H2,1-2H3,(H,10,12)(H,14,15,16);/q;+1/p-1/t5-,6-,7+,8-,9?;/m1./s1. The number of hydrogen-bond donors (Lipinski definition) is 3. The fourth-order valence-corrected chi connectivity index (χ4v) is 2.44. The second kappa shape index (κ2) is 8.72. The summed E-state index contributed by atoms with van der Waals surface area (Å²) >= 11 is 0. The minimum atomic E-state index is -4.86. The zero-order valence-corrected chi connectivity index (χ0v) is 14.6. The van der Waals surface area contributed by atoms with Crippen LogP contribution in [0.25, 0.3) is 0 Å². The number of aliphatic hydroxyl groups is 2. The largest absolute Gasteiger partial charge is 1.00 e. The van der Waals surface area contributed by atoms with E-state index in [0.29, 0.717) is 0 Å². The molecule has 5 atom stereocenters. The van der Waals surface area contributed by atoms with E-state index in [0.717, 1.165) is 6.92 Å². The van der Waals surface area contributed by atoms with Crippen molar-refractivity contribution in [2.24, 2.45) is 4.99 Å². The van der Waals surface area contributed by atoms with Gasteiger partial charge in [-0.05, 0) is 12.8 Å². The molecule has 0 aromatic rings. The number of nitrogens with zero attached hydrogens (tertiary/aromatic N) is 1. The first-order valence-corrected chi connectivity index (χ1v) is 6.90. The first-order chi connectivity index (χ1) is 9.19. The van der Waals surface area contributed by atoms with Crippen LogP contribution < -0.4 is 34.7 Å². The van der Waals surface area contributed by atoms with E-state index in [1.807, 2.05) is 0 Å². The molecule has 0 radical (unpaired) electrons. The number of rotatable bonds is 5. The van der Waals surface area contributed by atoms with Gasteiger partial charge in [-0.1, -0.05) is 0 Å². The molecular weight excluding hydrogens is 321 g/mol. The summed E-state index contributed by atoms with van der Waals surface area (Å²) in [6, 6.07) is -1.26. The number of aliphatic imine (C=N–C) groups is 1. The topological polar surface area (TPSA) is 158 Å². The SMILES string of the molecule is CO[C@H]1[C@@H](OS(=O)(=O)O)[C@@H](CO)OC(O)[C@@H]1N=C(C)[O-].[Na+]. The fraction of sp³-hybridized carbons (Fsp3) is 0.889. The van der Waals surface area contributed by atoms with Gasteiger partial charge < -0.3 is 24.8 Å². The molecule has 0 aromatic carbocycles. The van der Waals surface area contributed by atoms with Crippen LogP contribution in [0.5, 0.6) is 0 Å². The van der Waals surface area contributed by atoms with Crippen molar-refractivity contribution < 1.29 is 71.5 Å². The van der Waals surface area contributed by atoms with Crippen molar-refractivity contribution in [2.75, 3.05) is 13.7 Å². The van der Waals surface area contributed by atoms with E-state index in [2.05, 4.69) is 9.18 Å². The van der Waals surface area contributed by atoms with Gasteiger partial charge >= 0.3 is 40.0 Å². The van der Waals surface area contributed by atoms with Gasteiger partial charge in [0.05, 0.1) is 6.61 Å². The summed E-state index contributed by atoms with van der Waals surface area (Å²) in [6.07, 6.45) is -5.57. The maximum atomic E-state index is 11.0. The summed E-state index contributed by atoms with van der Waals surface area (Å²) in [5.74, 6) is -0.646. The van der Waals surface area contributed by atoms with Crippen molar-refractivity contribution in [3.63, 3.8) is 0 Å². The number of hydrogen-bond acceptors (Lipinski definition) is 9. The summed E-state index contributed by atoms with van der Waals surface area (Å²) in [5, 5.41) is 29.8. The first kappa shape index (κ1) is 21.2. The third-order valence-electron chi connectivity index (χ3n) is 2.65. The normalized spacial score (nSPS) is 34.3. The molecule has 1 heterocycles. The van der Waals surface area contributed by atoms with Crippen molar-refractivity contribution in [3.05, 3.63) is 0 Å². The van der Waals surface area contributed by atoms with Gasteiger partial charge in [0.1, 0.15) is 24.4 Å². The zero-order valence-electron chi connectivity index (χ0n) is 11.7. The van der Waals surface area contributed by atoms with Crippen LogP contribution in [-0.4, -0.2) is 73.4 Å². The number of aliphatic hydroxyl groups excluding tert-OH is 2. The Hall–Kier alpha value is 0.180. The molecule has 1 aliphatic heterocycles. The molecule has 0 aliphatic carbocycles. The molecule has 21 heavy (non-hydrogen) atoms. The van der Waals surface area contributed by atoms with Crippen LogP contribution in [0.4, 0.5) is 0 Å². The Bertz CT molecular complexity index is 452. The van der Waals surface area contributed by atoms with Crippen molar-refractivity contribution in [3.8, 4) is 0 Å². The maximum absolute atomic E-state index is 11.0. The average Bonchev–Trinajstić information content (AvgIpc) is 2.31. The van der Waals surface area contributed by atoms with Crippen molar-refractivity contribution >= 4 is 16.3 Å². The molecule has 1 unspecified atom stereocenters. The summed E-state index contributed by atoms with van der Waals surface area (Å²) < 4.78 is 44.6. The summed E-state index contributed by atoms with van der Waals surface area (Å²) in [5.41, 5.74) is 0. The van der Waals surface area contributed by atoms with Crippen LogP contribution in [0.15, 0.2) is 4.99 Å². The molecule has 1 fully saturated rings. The Labute approximate surface area is 144 Å². The van der Waals surface area contributed by atoms with Gasteiger partial charge in [0, 0.05) is 7.11 Å². The van der Waals surface area contributed by atoms with Crippen LogP contribution in [0.2, 0.25) is 0 Å². The fourth-order valence-electron chi connectivity index (χ4n) is 1.93. The minimum absolute atomic E-state index is 0. The molecule has 12 heteroatoms. The van der Waals surface area contributed by atoms with Crippen LogP contribution in [0.1, 0.15) is 6.92 Å². The molecule has 0 bridgehead atoms. The van der Waals surface area contributed by atoms with E-state index in [1.165, 1.54) is 7.11 Å². The molecule has 3 N–H and O–H groups in total. The molecule has 0 spiro atoms. The van der Waals surface area contributed by atoms with E-state index < -0.39 is 53.5 Å². The van der Waals surface area contributed by atoms with Crippen molar-refractivity contribution in [2.45, 2.75) is 37.6 Å². The van der Waals surface area contributed by atoms with Gasteiger partial charge in [0.25, 0.3) is 0 Å². The third-order valence-corrected chi connectivity index (χ3v) is 3.11. The zero-order chi connectivity index (χ0) is 15.5. The van der Waals surface area contributed by atoms with Crippen LogP contribution >= 0.6 is 0 Å². The predicted molar refractivity (Wildman–Crippen MR) is 62.1 cm³/mol. The van der Waals surface area contributed by atoms with Gasteiger partial charge in [0.2, 0.25) is 0 Å². The summed E-state index contributed by atoms with van der Waals surface area (Å²) in [4.78, 5) is 3.54. The Kier molecular flexibility index (Phi) is 8.79. The van der Waals surface area contributed by atoms with Gasteiger partial charge in [-0.25, -0.2) is 4.18 Å². The predicted octanol–water partition coefficient (Wildman–Crippen LogP) is -5.95. The smallest absolute Gasteiger partial charge is 0.862 e. The second-order valence-corrected chi connectivity index (χ2v) is 5.12. The van der Waals surface area contributed by atoms with E-state index in [-0.39, 0.29) is 29.6 Å². The maximum Gasteiger partial charge on any atom is 1.00 e. The molecular formula is C9H16NNaO9S. The van der Waals surface area contributed by atoms with Crippen LogP contribution in [-0.2, 0) is 24.1 Å². The number of methoxy groups -OCH3 is 1. The summed E-state index contributed by atoms with van der Waals surface area (Å²) in [7, 11) is -3.69. The van der Waals surface area contributed by atoms with Crippen molar-refractivity contribution in [1.29, 1.82) is 0 Å². The quantitative estimate of drug-likeness (QED) is 0.192. The van der Waals surface area contributed by atoms with E-state index in [1.54, 1.807) is 0 Å². The molecule has 10 nitrogen and oxygen atoms in total. The van der Waals surface area contributed by atoms with Crippen LogP contribution in [0.3, 0.4) is 0 Å². The molecule has 0 aromatic heterocycles.